The van der Waals surface area contributed by atoms with Gasteiger partial charge >= 0.3 is 0 Å². The molecule has 1 aromatic carbocycles. The summed E-state index contributed by atoms with van der Waals surface area (Å²) in [6.45, 7) is 2.22. The first-order chi connectivity index (χ1) is 8.95. The van der Waals surface area contributed by atoms with Gasteiger partial charge in [-0.05, 0) is 19.5 Å². The van der Waals surface area contributed by atoms with E-state index in [0.717, 1.165) is 0 Å². The van der Waals surface area contributed by atoms with Gasteiger partial charge in [0.25, 0.3) is 5.69 Å². The topological polar surface area (TPSA) is 90.4 Å². The number of nitro benzene ring substituents is 1. The first-order valence-corrected chi connectivity index (χ1v) is 5.95. The van der Waals surface area contributed by atoms with Crippen LogP contribution in [0.2, 0.25) is 0 Å². The Morgan fingerprint density at radius 1 is 1.58 bits per heavy atom. The lowest BCUT2D eigenvalue weighted by atomic mass is 10.1. The van der Waals surface area contributed by atoms with Crippen LogP contribution in [0.25, 0.3) is 0 Å². The van der Waals surface area contributed by atoms with Gasteiger partial charge in [-0.2, -0.15) is 5.26 Å². The molecule has 0 saturated carbocycles. The molecule has 0 spiro atoms. The van der Waals surface area contributed by atoms with Crippen molar-refractivity contribution in [1.29, 1.82) is 5.26 Å². The number of nitrogens with zero attached hydrogens (tertiary/aromatic N) is 3. The second kappa shape index (κ2) is 6.83. The van der Waals surface area contributed by atoms with Crippen molar-refractivity contribution < 1.29 is 10.0 Å². The predicted octanol–water partition coefficient (Wildman–Crippen LogP) is 1.86. The number of hydrogen-bond acceptors (Lipinski definition) is 5. The SMILES string of the molecule is CC(CC#N)N(C)CC(O)c1cccc([N+](=O)[O-])c1. The summed E-state index contributed by atoms with van der Waals surface area (Å²) in [6, 6.07) is 8.06. The van der Waals surface area contributed by atoms with E-state index in [-0.39, 0.29) is 11.7 Å². The van der Waals surface area contributed by atoms with Gasteiger partial charge in [-0.25, -0.2) is 0 Å². The van der Waals surface area contributed by atoms with Gasteiger partial charge in [-0.15, -0.1) is 0 Å². The van der Waals surface area contributed by atoms with Crippen LogP contribution in [0.5, 0.6) is 0 Å². The van der Waals surface area contributed by atoms with Crippen LogP contribution in [-0.2, 0) is 0 Å². The maximum atomic E-state index is 10.7. The van der Waals surface area contributed by atoms with Crippen LogP contribution in [0.1, 0.15) is 25.0 Å². The summed E-state index contributed by atoms with van der Waals surface area (Å²) in [5, 5.41) is 29.4. The second-order valence-electron chi connectivity index (χ2n) is 4.52. The molecule has 2 atom stereocenters. The van der Waals surface area contributed by atoms with E-state index in [2.05, 4.69) is 6.07 Å². The van der Waals surface area contributed by atoms with Crippen molar-refractivity contribution in [2.45, 2.75) is 25.5 Å². The molecule has 0 saturated heterocycles. The van der Waals surface area contributed by atoms with Gasteiger partial charge in [0, 0.05) is 24.7 Å². The quantitative estimate of drug-likeness (QED) is 0.625. The third kappa shape index (κ3) is 4.32. The monoisotopic (exact) mass is 263 g/mol. The van der Waals surface area contributed by atoms with Crippen LogP contribution < -0.4 is 0 Å². The van der Waals surface area contributed by atoms with Crippen LogP contribution >= 0.6 is 0 Å². The molecule has 6 nitrogen and oxygen atoms in total. The molecule has 102 valence electrons. The van der Waals surface area contributed by atoms with E-state index >= 15 is 0 Å². The zero-order chi connectivity index (χ0) is 14.4. The number of benzene rings is 1. The number of nitriles is 1. The third-order valence-corrected chi connectivity index (χ3v) is 3.07. The van der Waals surface area contributed by atoms with Crippen molar-refractivity contribution in [3.8, 4) is 6.07 Å². The first-order valence-electron chi connectivity index (χ1n) is 5.95. The Hall–Kier alpha value is -1.97. The van der Waals surface area contributed by atoms with E-state index in [1.807, 2.05) is 18.9 Å². The zero-order valence-electron chi connectivity index (χ0n) is 11.0. The Morgan fingerprint density at radius 3 is 2.84 bits per heavy atom. The van der Waals surface area contributed by atoms with E-state index < -0.39 is 11.0 Å². The predicted molar refractivity (Wildman–Crippen MR) is 70.4 cm³/mol. The maximum absolute atomic E-state index is 10.7. The van der Waals surface area contributed by atoms with Gasteiger partial charge in [-0.1, -0.05) is 12.1 Å². The number of hydrogen-bond donors (Lipinski definition) is 1. The fourth-order valence-corrected chi connectivity index (χ4v) is 1.69. The summed E-state index contributed by atoms with van der Waals surface area (Å²) >= 11 is 0. The average molecular weight is 263 g/mol. The number of non-ortho nitro benzene ring substituents is 1. The van der Waals surface area contributed by atoms with Crippen LogP contribution in [0.3, 0.4) is 0 Å². The summed E-state index contributed by atoms with van der Waals surface area (Å²) in [6.07, 6.45) is -0.441. The molecule has 6 heteroatoms. The van der Waals surface area contributed by atoms with Crippen LogP contribution in [0.15, 0.2) is 24.3 Å². The smallest absolute Gasteiger partial charge is 0.269 e. The van der Waals surface area contributed by atoms with E-state index in [1.54, 1.807) is 12.1 Å². The van der Waals surface area contributed by atoms with Crippen molar-refractivity contribution in [1.82, 2.24) is 4.90 Å². The van der Waals surface area contributed by atoms with E-state index in [1.165, 1.54) is 12.1 Å². The van der Waals surface area contributed by atoms with Crippen molar-refractivity contribution in [3.63, 3.8) is 0 Å². The second-order valence-corrected chi connectivity index (χ2v) is 4.52. The number of nitro groups is 1. The first kappa shape index (κ1) is 15.1. The lowest BCUT2D eigenvalue weighted by Crippen LogP contribution is -2.32. The number of likely N-dealkylation sites (N-methyl/N-ethyl adjacent to an activating group) is 1. The molecule has 1 N–H and O–H groups in total. The molecule has 1 rings (SSSR count). The summed E-state index contributed by atoms with van der Waals surface area (Å²) in [7, 11) is 1.81. The molecule has 2 unspecified atom stereocenters. The molecule has 0 radical (unpaired) electrons. The fraction of sp³-hybridized carbons (Fsp3) is 0.462. The molecule has 0 amide bonds. The molecule has 0 aromatic heterocycles. The minimum Gasteiger partial charge on any atom is -0.387 e. The number of rotatable bonds is 6. The van der Waals surface area contributed by atoms with Crippen molar-refractivity contribution in [3.05, 3.63) is 39.9 Å². The van der Waals surface area contributed by atoms with Crippen molar-refractivity contribution in [2.75, 3.05) is 13.6 Å². The van der Waals surface area contributed by atoms with Gasteiger partial charge in [-0.3, -0.25) is 15.0 Å². The molecule has 0 fully saturated rings. The molecular formula is C13H17N3O3. The van der Waals surface area contributed by atoms with Crippen molar-refractivity contribution in [2.24, 2.45) is 0 Å². The Bertz CT molecular complexity index is 484. The molecule has 0 aliphatic carbocycles. The van der Waals surface area contributed by atoms with Gasteiger partial charge < -0.3 is 5.11 Å². The van der Waals surface area contributed by atoms with Gasteiger partial charge in [0.05, 0.1) is 23.5 Å². The van der Waals surface area contributed by atoms with Crippen LogP contribution in [0.4, 0.5) is 5.69 Å². The maximum Gasteiger partial charge on any atom is 0.269 e. The minimum atomic E-state index is -0.814. The molecule has 0 bridgehead atoms. The molecule has 0 heterocycles. The number of aliphatic hydroxyl groups is 1. The van der Waals surface area contributed by atoms with Gasteiger partial charge in [0.15, 0.2) is 0 Å². The van der Waals surface area contributed by atoms with E-state index in [4.69, 9.17) is 5.26 Å². The number of aliphatic hydroxyl groups excluding tert-OH is 1. The van der Waals surface area contributed by atoms with Crippen LogP contribution in [-0.4, -0.2) is 34.6 Å². The Labute approximate surface area is 112 Å². The minimum absolute atomic E-state index is 0.0262. The normalized spacial score (nSPS) is 13.8. The fourth-order valence-electron chi connectivity index (χ4n) is 1.69. The average Bonchev–Trinajstić information content (AvgIpc) is 2.39. The highest BCUT2D eigenvalue weighted by Gasteiger charge is 2.17. The molecule has 0 aliphatic heterocycles. The van der Waals surface area contributed by atoms with Crippen molar-refractivity contribution >= 4 is 5.69 Å². The summed E-state index contributed by atoms with van der Waals surface area (Å²) in [4.78, 5) is 12.0. The third-order valence-electron chi connectivity index (χ3n) is 3.07. The summed E-state index contributed by atoms with van der Waals surface area (Å²) in [5.74, 6) is 0. The Morgan fingerprint density at radius 2 is 2.26 bits per heavy atom. The molecule has 1 aromatic rings. The van der Waals surface area contributed by atoms with E-state index in [9.17, 15) is 15.2 Å². The highest BCUT2D eigenvalue weighted by atomic mass is 16.6. The Balaban J connectivity index is 2.73. The summed E-state index contributed by atoms with van der Waals surface area (Å²) in [5.41, 5.74) is 0.467. The molecule has 0 aliphatic rings. The largest absolute Gasteiger partial charge is 0.387 e. The van der Waals surface area contributed by atoms with Gasteiger partial charge in [0.2, 0.25) is 0 Å². The standard InChI is InChI=1S/C13H17N3O3/c1-10(6-7-14)15(2)9-13(17)11-4-3-5-12(8-11)16(18)19/h3-5,8,10,13,17H,6,9H2,1-2H3. The Kier molecular flexibility index (Phi) is 5.42. The van der Waals surface area contributed by atoms with Crippen LogP contribution in [0, 0.1) is 21.4 Å². The summed E-state index contributed by atoms with van der Waals surface area (Å²) < 4.78 is 0. The zero-order valence-corrected chi connectivity index (χ0v) is 11.0. The van der Waals surface area contributed by atoms with Gasteiger partial charge in [0.1, 0.15) is 0 Å². The lowest BCUT2D eigenvalue weighted by molar-refractivity contribution is -0.385. The molecular weight excluding hydrogens is 246 g/mol. The van der Waals surface area contributed by atoms with E-state index in [0.29, 0.717) is 18.5 Å². The lowest BCUT2D eigenvalue weighted by Gasteiger charge is -2.25. The highest BCUT2D eigenvalue weighted by molar-refractivity contribution is 5.35. The highest BCUT2D eigenvalue weighted by Crippen LogP contribution is 2.20. The molecule has 19 heavy (non-hydrogen) atoms.